The van der Waals surface area contributed by atoms with E-state index in [9.17, 15) is 9.59 Å². The highest BCUT2D eigenvalue weighted by atomic mass is 16.2. The molecule has 3 aromatic rings. The van der Waals surface area contributed by atoms with Gasteiger partial charge in [-0.2, -0.15) is 4.98 Å². The summed E-state index contributed by atoms with van der Waals surface area (Å²) in [6.07, 6.45) is 10.4. The summed E-state index contributed by atoms with van der Waals surface area (Å²) in [4.78, 5) is 38.5. The normalized spacial score (nSPS) is 11.4. The highest BCUT2D eigenvalue weighted by Gasteiger charge is 2.22. The molecule has 0 unspecified atom stereocenters. The Kier molecular flexibility index (Phi) is 6.90. The van der Waals surface area contributed by atoms with E-state index >= 15 is 0 Å². The fraction of sp³-hybridized carbons (Fsp3) is 0.310. The number of unbranched alkanes of at least 4 members (excludes halogenated alkanes) is 1. The second kappa shape index (κ2) is 10.4. The molecule has 0 bridgehead atoms. The fourth-order valence-electron chi connectivity index (χ4n) is 4.66. The number of rotatable bonds is 8. The van der Waals surface area contributed by atoms with E-state index in [1.165, 1.54) is 4.57 Å². The van der Waals surface area contributed by atoms with E-state index in [-0.39, 0.29) is 17.8 Å². The summed E-state index contributed by atoms with van der Waals surface area (Å²) in [7, 11) is 0. The van der Waals surface area contributed by atoms with Crippen molar-refractivity contribution in [2.24, 2.45) is 0 Å². The molecular weight excluding hydrogens is 464 g/mol. The van der Waals surface area contributed by atoms with Gasteiger partial charge in [0.25, 0.3) is 5.56 Å². The summed E-state index contributed by atoms with van der Waals surface area (Å²) < 4.78 is 5.27. The first kappa shape index (κ1) is 24.5. The Morgan fingerprint density at radius 3 is 2.27 bits per heavy atom. The molecule has 0 saturated carbocycles. The molecule has 188 valence electrons. The van der Waals surface area contributed by atoms with E-state index in [1.54, 1.807) is 0 Å². The van der Waals surface area contributed by atoms with Gasteiger partial charge in [-0.05, 0) is 54.7 Å². The molecule has 4 heterocycles. The van der Waals surface area contributed by atoms with Gasteiger partial charge in [0, 0.05) is 43.8 Å². The number of nitrogens with zero attached hydrogens (tertiary/aromatic N) is 5. The molecule has 0 radical (unpaired) electrons. The average molecular weight is 497 g/mol. The highest BCUT2D eigenvalue weighted by Crippen LogP contribution is 2.24. The molecule has 8 heteroatoms. The number of hydrogen-bond acceptors (Lipinski definition) is 4. The Hall–Kier alpha value is -4.20. The highest BCUT2D eigenvalue weighted by molar-refractivity contribution is 5.81. The van der Waals surface area contributed by atoms with Crippen molar-refractivity contribution in [2.45, 2.75) is 59.7 Å². The zero-order valence-corrected chi connectivity index (χ0v) is 21.6. The summed E-state index contributed by atoms with van der Waals surface area (Å²) in [5.74, 6) is 0.374. The van der Waals surface area contributed by atoms with E-state index in [2.05, 4.69) is 46.6 Å². The van der Waals surface area contributed by atoms with Crippen molar-refractivity contribution in [1.29, 1.82) is 0 Å². The molecule has 2 aliphatic heterocycles. The van der Waals surface area contributed by atoms with Gasteiger partial charge in [0.1, 0.15) is 6.54 Å². The van der Waals surface area contributed by atoms with Crippen LogP contribution in [0.15, 0.2) is 70.8 Å². The number of nitrogens with one attached hydrogen (secondary N) is 1. The third kappa shape index (κ3) is 4.91. The average Bonchev–Trinajstić information content (AvgIpc) is 2.91. The number of fused-ring (bicyclic) bond motifs is 2. The van der Waals surface area contributed by atoms with Crippen molar-refractivity contribution in [1.82, 2.24) is 19.1 Å². The first-order valence-corrected chi connectivity index (χ1v) is 12.8. The van der Waals surface area contributed by atoms with Crippen LogP contribution in [0.5, 0.6) is 0 Å². The van der Waals surface area contributed by atoms with Crippen LogP contribution >= 0.6 is 0 Å². The van der Waals surface area contributed by atoms with Crippen molar-refractivity contribution in [3.8, 4) is 22.6 Å². The molecule has 0 saturated heterocycles. The van der Waals surface area contributed by atoms with Crippen molar-refractivity contribution < 1.29 is 9.55 Å². The smallest absolute Gasteiger partial charge is 0.322 e. The van der Waals surface area contributed by atoms with Gasteiger partial charge in [0.15, 0.2) is 36.3 Å². The van der Waals surface area contributed by atoms with Crippen LogP contribution in [-0.2, 0) is 19.6 Å². The zero-order chi connectivity index (χ0) is 25.9. The van der Waals surface area contributed by atoms with Crippen LogP contribution in [0.2, 0.25) is 0 Å². The van der Waals surface area contributed by atoms with E-state index in [0.29, 0.717) is 25.3 Å². The number of benzene rings is 1. The molecule has 2 aliphatic rings. The Labute approximate surface area is 215 Å². The molecule has 0 aliphatic carbocycles. The molecule has 8 nitrogen and oxygen atoms in total. The van der Waals surface area contributed by atoms with Crippen LogP contribution in [0.25, 0.3) is 33.7 Å². The number of pyridine rings is 2. The molecule has 2 aromatic heterocycles. The summed E-state index contributed by atoms with van der Waals surface area (Å²) in [6, 6.07) is 12.3. The SMILES string of the molecule is CCCCn1c2nc(=O)n(CCC[n+]3ccc(-c4cc[nH+]cc4)cc3)c(=O)c-2nc2cc(C)c(C)cc21. The maximum Gasteiger partial charge on any atom is 0.352 e. The zero-order valence-electron chi connectivity index (χ0n) is 21.6. The first-order valence-electron chi connectivity index (χ1n) is 12.8. The quantitative estimate of drug-likeness (QED) is 0.244. The monoisotopic (exact) mass is 496 g/mol. The van der Waals surface area contributed by atoms with E-state index in [1.807, 2.05) is 54.5 Å². The van der Waals surface area contributed by atoms with Crippen molar-refractivity contribution in [3.63, 3.8) is 0 Å². The van der Waals surface area contributed by atoms with Gasteiger partial charge in [-0.25, -0.2) is 19.3 Å². The van der Waals surface area contributed by atoms with Gasteiger partial charge in [-0.15, -0.1) is 0 Å². The minimum absolute atomic E-state index is 0.253. The van der Waals surface area contributed by atoms with Crippen molar-refractivity contribution in [2.75, 3.05) is 0 Å². The van der Waals surface area contributed by atoms with Crippen molar-refractivity contribution in [3.05, 3.63) is 93.2 Å². The van der Waals surface area contributed by atoms with Crippen LogP contribution in [0.3, 0.4) is 0 Å². The third-order valence-corrected chi connectivity index (χ3v) is 6.94. The summed E-state index contributed by atoms with van der Waals surface area (Å²) >= 11 is 0. The topological polar surface area (TPSA) is 87.8 Å². The molecule has 0 amide bonds. The molecule has 1 aromatic carbocycles. The Bertz CT molecular complexity index is 1640. The predicted octanol–water partition coefficient (Wildman–Crippen LogP) is 3.33. The Morgan fingerprint density at radius 2 is 1.54 bits per heavy atom. The molecule has 0 atom stereocenters. The number of aromatic amines is 1. The standard InChI is InChI=1S/C29H31N6O2/c1-4-5-14-34-25-19-21(3)20(2)18-24(25)31-26-27(34)32-29(37)35(28(26)36)15-6-13-33-16-9-23(10-17-33)22-7-11-30-12-8-22/h7-12,16-19H,4-6,13-15H2,1-3H3/q+1/p+1. The lowest BCUT2D eigenvalue weighted by molar-refractivity contribution is -0.697. The number of aryl methyl sites for hydroxylation is 4. The van der Waals surface area contributed by atoms with Crippen LogP contribution in [0.4, 0.5) is 0 Å². The van der Waals surface area contributed by atoms with Gasteiger partial charge in [-0.1, -0.05) is 13.3 Å². The molecule has 0 fully saturated rings. The Morgan fingerprint density at radius 1 is 0.865 bits per heavy atom. The molecule has 5 rings (SSSR count). The van der Waals surface area contributed by atoms with E-state index in [4.69, 9.17) is 4.98 Å². The van der Waals surface area contributed by atoms with Gasteiger partial charge in [0.05, 0.1) is 11.0 Å². The summed E-state index contributed by atoms with van der Waals surface area (Å²) in [5.41, 5.74) is 5.54. The predicted molar refractivity (Wildman–Crippen MR) is 142 cm³/mol. The Balaban J connectivity index is 1.44. The lowest BCUT2D eigenvalue weighted by atomic mass is 10.1. The minimum atomic E-state index is -0.519. The van der Waals surface area contributed by atoms with Crippen LogP contribution < -0.4 is 20.8 Å². The number of hydrogen-bond donors (Lipinski definition) is 0. The van der Waals surface area contributed by atoms with E-state index in [0.717, 1.165) is 46.1 Å². The molecule has 1 N–H and O–H groups in total. The number of aromatic nitrogens is 6. The second-order valence-corrected chi connectivity index (χ2v) is 9.53. The lowest BCUT2D eigenvalue weighted by Gasteiger charge is -2.18. The summed E-state index contributed by atoms with van der Waals surface area (Å²) in [6.45, 7) is 7.85. The van der Waals surface area contributed by atoms with Gasteiger partial charge >= 0.3 is 5.69 Å². The maximum absolute atomic E-state index is 13.5. The molecular formula is C29H32N6O2+2. The molecule has 37 heavy (non-hydrogen) atoms. The lowest BCUT2D eigenvalue weighted by Crippen LogP contribution is -2.40. The van der Waals surface area contributed by atoms with Crippen LogP contribution in [0, 0.1) is 13.8 Å². The fourth-order valence-corrected chi connectivity index (χ4v) is 4.66. The second-order valence-electron chi connectivity index (χ2n) is 9.53. The van der Waals surface area contributed by atoms with Gasteiger partial charge in [0.2, 0.25) is 0 Å². The molecule has 0 spiro atoms. The van der Waals surface area contributed by atoms with E-state index < -0.39 is 5.69 Å². The summed E-state index contributed by atoms with van der Waals surface area (Å²) in [5, 5.41) is 0. The van der Waals surface area contributed by atoms with Gasteiger partial charge < -0.3 is 4.57 Å². The van der Waals surface area contributed by atoms with Gasteiger partial charge in [-0.3, -0.25) is 9.36 Å². The minimum Gasteiger partial charge on any atom is -0.322 e. The van der Waals surface area contributed by atoms with Crippen molar-refractivity contribution >= 4 is 11.0 Å². The third-order valence-electron chi connectivity index (χ3n) is 6.94. The first-order chi connectivity index (χ1) is 18.0. The largest absolute Gasteiger partial charge is 0.352 e. The van der Waals surface area contributed by atoms with Crippen LogP contribution in [-0.4, -0.2) is 19.1 Å². The maximum atomic E-state index is 13.5. The number of H-pyrrole nitrogens is 1. The van der Waals surface area contributed by atoms with Crippen LogP contribution in [0.1, 0.15) is 37.3 Å².